The molecule has 176 valence electrons. The molecule has 0 saturated carbocycles. The van der Waals surface area contributed by atoms with Crippen molar-refractivity contribution < 1.29 is 23.1 Å². The number of phosphoric ester groups is 1. The second-order valence-corrected chi connectivity index (χ2v) is 11.1. The molecule has 7 heteroatoms. The third-order valence-corrected chi connectivity index (χ3v) is 7.26. The molecule has 0 aliphatic carbocycles. The first-order valence-corrected chi connectivity index (χ1v) is 15.0. The second kappa shape index (κ2) is 21.5. The summed E-state index contributed by atoms with van der Waals surface area (Å²) in [6, 6.07) is 0. The molecule has 5 nitrogen and oxygen atoms in total. The maximum atomic E-state index is 11.9. The van der Waals surface area contributed by atoms with Crippen LogP contribution in [0.25, 0.3) is 0 Å². The van der Waals surface area contributed by atoms with E-state index in [1.807, 2.05) is 0 Å². The highest BCUT2D eigenvalue weighted by atomic mass is 32.2. The summed E-state index contributed by atoms with van der Waals surface area (Å²) in [7, 11) is -5.16. The van der Waals surface area contributed by atoms with Crippen molar-refractivity contribution in [2.24, 2.45) is 0 Å². The number of rotatable bonds is 23. The summed E-state index contributed by atoms with van der Waals surface area (Å²) in [6.45, 7) is 2.30. The van der Waals surface area contributed by atoms with Gasteiger partial charge in [0, 0.05) is 22.3 Å². The van der Waals surface area contributed by atoms with Gasteiger partial charge in [-0.15, -0.1) is 0 Å². The smallest absolute Gasteiger partial charge is 0.303 e. The van der Waals surface area contributed by atoms with Gasteiger partial charge in [0.15, 0.2) is 0 Å². The van der Waals surface area contributed by atoms with Crippen molar-refractivity contribution in [3.05, 3.63) is 0 Å². The largest absolute Gasteiger partial charge is 0.469 e. The fourth-order valence-corrected chi connectivity index (χ4v) is 5.09. The molecule has 1 atom stereocenters. The third-order valence-electron chi connectivity index (χ3n) is 5.25. The van der Waals surface area contributed by atoms with Crippen LogP contribution in [0.3, 0.4) is 0 Å². The Balaban J connectivity index is 3.17. The molecule has 0 aliphatic rings. The molecule has 1 unspecified atom stereocenters. The van der Waals surface area contributed by atoms with Crippen molar-refractivity contribution in [3.63, 3.8) is 0 Å². The maximum Gasteiger partial charge on any atom is 0.469 e. The Kier molecular flexibility index (Phi) is 21.7. The van der Waals surface area contributed by atoms with Gasteiger partial charge in [0.25, 0.3) is 0 Å². The molecule has 29 heavy (non-hydrogen) atoms. The summed E-state index contributed by atoms with van der Waals surface area (Å²) in [5.41, 5.74) is 0. The Hall–Kier alpha value is 0.260. The zero-order valence-electron chi connectivity index (χ0n) is 18.8. The van der Waals surface area contributed by atoms with Crippen LogP contribution in [0.4, 0.5) is 0 Å². The lowest BCUT2D eigenvalue weighted by Crippen LogP contribution is -2.04. The Labute approximate surface area is 182 Å². The van der Waals surface area contributed by atoms with E-state index in [2.05, 4.69) is 11.4 Å². The molecule has 0 aliphatic heterocycles. The average Bonchev–Trinajstić information content (AvgIpc) is 2.66. The Morgan fingerprint density at radius 3 is 1.34 bits per heavy atom. The highest BCUT2D eigenvalue weighted by Gasteiger charge is 2.12. The fourth-order valence-electron chi connectivity index (χ4n) is 3.46. The standard InChI is InChI=1S/C22H47O5PS/c1-2-3-4-5-6-7-8-9-10-11-12-13-14-15-16-18-21-29(26)22-19-17-20-27-28(23,24)25/h2-22H2,1H3,(H2,23,24,25). The summed E-state index contributed by atoms with van der Waals surface area (Å²) < 4.78 is 26.8. The van der Waals surface area contributed by atoms with Gasteiger partial charge in [-0.25, -0.2) is 4.57 Å². The van der Waals surface area contributed by atoms with Crippen molar-refractivity contribution in [2.75, 3.05) is 18.1 Å². The van der Waals surface area contributed by atoms with Crippen LogP contribution >= 0.6 is 7.82 Å². The minimum Gasteiger partial charge on any atom is -0.303 e. The quantitative estimate of drug-likeness (QED) is 0.130. The van der Waals surface area contributed by atoms with E-state index in [0.29, 0.717) is 18.6 Å². The van der Waals surface area contributed by atoms with E-state index in [-0.39, 0.29) is 6.61 Å². The van der Waals surface area contributed by atoms with Crippen molar-refractivity contribution >= 4 is 18.6 Å². The number of phosphoric acid groups is 1. The van der Waals surface area contributed by atoms with Gasteiger partial charge >= 0.3 is 7.82 Å². The summed E-state index contributed by atoms with van der Waals surface area (Å²) in [6.07, 6.45) is 22.7. The van der Waals surface area contributed by atoms with Crippen LogP contribution in [0.15, 0.2) is 0 Å². The van der Waals surface area contributed by atoms with E-state index in [0.717, 1.165) is 18.6 Å². The van der Waals surface area contributed by atoms with E-state index >= 15 is 0 Å². The van der Waals surface area contributed by atoms with Gasteiger partial charge in [0.1, 0.15) is 0 Å². The third kappa shape index (κ3) is 26.2. The van der Waals surface area contributed by atoms with Gasteiger partial charge in [0.2, 0.25) is 0 Å². The van der Waals surface area contributed by atoms with E-state index in [4.69, 9.17) is 9.79 Å². The number of hydrogen-bond donors (Lipinski definition) is 2. The Morgan fingerprint density at radius 1 is 0.621 bits per heavy atom. The molecule has 2 N–H and O–H groups in total. The van der Waals surface area contributed by atoms with E-state index in [1.165, 1.54) is 89.9 Å². The lowest BCUT2D eigenvalue weighted by atomic mass is 10.0. The lowest BCUT2D eigenvalue weighted by molar-refractivity contribution is 0.194. The van der Waals surface area contributed by atoms with E-state index in [9.17, 15) is 8.77 Å². The van der Waals surface area contributed by atoms with Crippen LogP contribution in [0.2, 0.25) is 0 Å². The average molecular weight is 455 g/mol. The predicted octanol–water partition coefficient (Wildman–Crippen LogP) is 6.89. The van der Waals surface area contributed by atoms with Crippen molar-refractivity contribution in [1.82, 2.24) is 0 Å². The minimum absolute atomic E-state index is 0.0283. The molecule has 0 aromatic carbocycles. The molecule has 0 bridgehead atoms. The van der Waals surface area contributed by atoms with E-state index < -0.39 is 18.6 Å². The first kappa shape index (κ1) is 29.3. The highest BCUT2D eigenvalue weighted by Crippen LogP contribution is 2.35. The Morgan fingerprint density at radius 2 is 0.966 bits per heavy atom. The first-order valence-electron chi connectivity index (χ1n) is 12.0. The van der Waals surface area contributed by atoms with Gasteiger partial charge < -0.3 is 9.79 Å². The molecule has 0 saturated heterocycles. The first-order chi connectivity index (χ1) is 14.0. The Bertz CT molecular complexity index is 414. The molecule has 0 aromatic rings. The molecule has 0 heterocycles. The van der Waals surface area contributed by atoms with Crippen molar-refractivity contribution in [1.29, 1.82) is 0 Å². The maximum absolute atomic E-state index is 11.9. The van der Waals surface area contributed by atoms with Gasteiger partial charge in [-0.3, -0.25) is 8.73 Å². The van der Waals surface area contributed by atoms with Crippen LogP contribution in [0.5, 0.6) is 0 Å². The molecule has 0 radical (unpaired) electrons. The van der Waals surface area contributed by atoms with E-state index in [1.54, 1.807) is 0 Å². The molecular weight excluding hydrogens is 407 g/mol. The normalized spacial score (nSPS) is 13.1. The molecular formula is C22H47O5PS. The van der Waals surface area contributed by atoms with Gasteiger partial charge in [0.05, 0.1) is 6.61 Å². The second-order valence-electron chi connectivity index (χ2n) is 8.18. The van der Waals surface area contributed by atoms with Crippen molar-refractivity contribution in [3.8, 4) is 0 Å². The predicted molar refractivity (Wildman–Crippen MR) is 125 cm³/mol. The molecule has 0 spiro atoms. The minimum atomic E-state index is -4.35. The van der Waals surface area contributed by atoms with Gasteiger partial charge in [-0.2, -0.15) is 0 Å². The number of hydrogen-bond acceptors (Lipinski definition) is 3. The zero-order valence-corrected chi connectivity index (χ0v) is 20.5. The van der Waals surface area contributed by atoms with Crippen molar-refractivity contribution in [2.45, 2.75) is 122 Å². The van der Waals surface area contributed by atoms with Gasteiger partial charge in [-0.1, -0.05) is 103 Å². The number of unbranched alkanes of at least 4 members (excludes halogenated alkanes) is 16. The molecule has 0 rings (SSSR count). The summed E-state index contributed by atoms with van der Waals surface area (Å²) in [5.74, 6) is 1.35. The van der Waals surface area contributed by atoms with Crippen LogP contribution in [0.1, 0.15) is 122 Å². The van der Waals surface area contributed by atoms with Crippen LogP contribution < -0.4 is 0 Å². The highest BCUT2D eigenvalue weighted by molar-refractivity contribution is 7.84. The monoisotopic (exact) mass is 454 g/mol. The zero-order chi connectivity index (χ0) is 21.6. The molecule has 0 amide bonds. The SMILES string of the molecule is CCCCCCCCCCCCCCCCCCS(=O)CCCCOP(=O)(O)O. The molecule has 0 fully saturated rings. The van der Waals surface area contributed by atoms with Crippen LogP contribution in [0, 0.1) is 0 Å². The topological polar surface area (TPSA) is 83.8 Å². The fraction of sp³-hybridized carbons (Fsp3) is 1.00. The summed E-state index contributed by atoms with van der Waals surface area (Å²) in [4.78, 5) is 17.1. The van der Waals surface area contributed by atoms with Crippen LogP contribution in [-0.2, 0) is 19.9 Å². The lowest BCUT2D eigenvalue weighted by Gasteiger charge is -2.05. The van der Waals surface area contributed by atoms with Gasteiger partial charge in [-0.05, 0) is 19.3 Å². The van der Waals surface area contributed by atoms with Crippen LogP contribution in [-0.4, -0.2) is 32.1 Å². The summed E-state index contributed by atoms with van der Waals surface area (Å²) >= 11 is 0. The molecule has 0 aromatic heterocycles. The summed E-state index contributed by atoms with van der Waals surface area (Å²) in [5, 5.41) is 0.